The Labute approximate surface area is 66.2 Å². The van der Waals surface area contributed by atoms with Crippen molar-refractivity contribution in [2.45, 2.75) is 38.1 Å². The number of aliphatic hydroxyl groups is 1. The lowest BCUT2D eigenvalue weighted by Crippen LogP contribution is -2.20. The summed E-state index contributed by atoms with van der Waals surface area (Å²) in [5.74, 6) is 0. The summed E-state index contributed by atoms with van der Waals surface area (Å²) < 4.78 is 5.37. The topological polar surface area (TPSA) is 29.5 Å². The molecule has 0 bridgehead atoms. The number of rotatable bonds is 2. The minimum absolute atomic E-state index is 0.0486. The predicted molar refractivity (Wildman–Crippen MR) is 43.2 cm³/mol. The monoisotopic (exact) mass is 160 g/mol. The van der Waals surface area contributed by atoms with E-state index < -0.39 is 0 Å². The summed E-state index contributed by atoms with van der Waals surface area (Å²) >= 11 is 4.66. The molecule has 1 heterocycles. The molecule has 2 nitrogen and oxygen atoms in total. The number of ether oxygens (including phenoxy) is 1. The normalized spacial score (nSPS) is 40.0. The fraction of sp³-hybridized carbons (Fsp3) is 0.857. The van der Waals surface area contributed by atoms with Crippen molar-refractivity contribution in [2.75, 3.05) is 0 Å². The molecule has 3 atom stereocenters. The van der Waals surface area contributed by atoms with Crippen LogP contribution in [0.25, 0.3) is 0 Å². The minimum atomic E-state index is -0.311. The van der Waals surface area contributed by atoms with Gasteiger partial charge >= 0.3 is 0 Å². The summed E-state index contributed by atoms with van der Waals surface area (Å²) in [6.45, 7) is 1.96. The number of hydrogen-bond donors (Lipinski definition) is 1. The molecule has 1 unspecified atom stereocenters. The molecule has 1 aliphatic rings. The van der Waals surface area contributed by atoms with E-state index in [2.05, 4.69) is 12.2 Å². The summed E-state index contributed by atoms with van der Waals surface area (Å²) in [7, 11) is 0. The van der Waals surface area contributed by atoms with Crippen molar-refractivity contribution in [3.8, 4) is 0 Å². The largest absolute Gasteiger partial charge is 0.390 e. The van der Waals surface area contributed by atoms with E-state index >= 15 is 0 Å². The van der Waals surface area contributed by atoms with E-state index in [1.807, 2.05) is 6.92 Å². The molecule has 0 aromatic carbocycles. The second-order valence-electron chi connectivity index (χ2n) is 2.69. The van der Waals surface area contributed by atoms with E-state index in [1.54, 1.807) is 5.37 Å². The molecule has 0 aromatic heterocycles. The molecule has 1 rings (SSSR count). The van der Waals surface area contributed by atoms with Gasteiger partial charge in [0, 0.05) is 12.8 Å². The van der Waals surface area contributed by atoms with Gasteiger partial charge < -0.3 is 9.84 Å². The summed E-state index contributed by atoms with van der Waals surface area (Å²) in [4.78, 5) is 0. The third-order valence-corrected chi connectivity index (χ3v) is 1.93. The molecule has 0 radical (unpaired) electrons. The van der Waals surface area contributed by atoms with Crippen LogP contribution < -0.4 is 0 Å². The van der Waals surface area contributed by atoms with Crippen LogP contribution in [0.3, 0.4) is 0 Å². The lowest BCUT2D eigenvalue weighted by atomic mass is 10.1. The Bertz CT molecular complexity index is 127. The van der Waals surface area contributed by atoms with E-state index in [9.17, 15) is 5.11 Å². The Hall–Kier alpha value is 0.01000. The maximum Gasteiger partial charge on any atom is 0.0881 e. The molecular weight excluding hydrogens is 148 g/mol. The van der Waals surface area contributed by atoms with E-state index in [4.69, 9.17) is 4.74 Å². The van der Waals surface area contributed by atoms with Crippen LogP contribution in [0.2, 0.25) is 0 Å². The van der Waals surface area contributed by atoms with E-state index in [0.717, 1.165) is 6.42 Å². The van der Waals surface area contributed by atoms with Crippen LogP contribution in [0, 0.1) is 0 Å². The zero-order chi connectivity index (χ0) is 7.56. The number of aliphatic hydroxyl groups excluding tert-OH is 1. The first-order valence-electron chi connectivity index (χ1n) is 3.51. The molecule has 3 heteroatoms. The molecule has 1 aliphatic heterocycles. The molecule has 0 aliphatic carbocycles. The van der Waals surface area contributed by atoms with Crippen molar-refractivity contribution >= 4 is 17.6 Å². The molecule has 0 spiro atoms. The van der Waals surface area contributed by atoms with E-state index in [-0.39, 0.29) is 18.3 Å². The Morgan fingerprint density at radius 2 is 2.50 bits per heavy atom. The van der Waals surface area contributed by atoms with Crippen LogP contribution in [0.1, 0.15) is 19.8 Å². The summed E-state index contributed by atoms with van der Waals surface area (Å²) in [6, 6.07) is 0. The fourth-order valence-electron chi connectivity index (χ4n) is 1.24. The molecule has 10 heavy (non-hydrogen) atoms. The zero-order valence-electron chi connectivity index (χ0n) is 5.99. The Balaban J connectivity index is 2.38. The Morgan fingerprint density at radius 1 is 1.80 bits per heavy atom. The van der Waals surface area contributed by atoms with Crippen molar-refractivity contribution < 1.29 is 9.84 Å². The zero-order valence-corrected chi connectivity index (χ0v) is 6.80. The highest BCUT2D eigenvalue weighted by molar-refractivity contribution is 7.78. The van der Waals surface area contributed by atoms with E-state index in [0.29, 0.717) is 6.42 Å². The predicted octanol–water partition coefficient (Wildman–Crippen LogP) is 0.914. The second-order valence-corrected chi connectivity index (χ2v) is 3.02. The van der Waals surface area contributed by atoms with Crippen LogP contribution in [0.4, 0.5) is 0 Å². The number of hydrogen-bond acceptors (Lipinski definition) is 3. The van der Waals surface area contributed by atoms with Gasteiger partial charge in [-0.2, -0.15) is 0 Å². The molecule has 1 fully saturated rings. The number of thiocarbonyl (C=S) groups is 1. The molecule has 1 N–H and O–H groups in total. The lowest BCUT2D eigenvalue weighted by Gasteiger charge is -2.09. The molecule has 0 saturated carbocycles. The molecule has 0 aromatic rings. The van der Waals surface area contributed by atoms with Gasteiger partial charge in [0.05, 0.1) is 18.3 Å². The third-order valence-electron chi connectivity index (χ3n) is 1.74. The van der Waals surface area contributed by atoms with Crippen LogP contribution in [-0.2, 0) is 4.74 Å². The van der Waals surface area contributed by atoms with Crippen molar-refractivity contribution in [3.63, 3.8) is 0 Å². The molecule has 58 valence electrons. The van der Waals surface area contributed by atoms with Gasteiger partial charge in [0.1, 0.15) is 0 Å². The van der Waals surface area contributed by atoms with Crippen molar-refractivity contribution in [1.82, 2.24) is 0 Å². The maximum absolute atomic E-state index is 9.30. The molecule has 0 amide bonds. The first-order chi connectivity index (χ1) is 4.74. The Morgan fingerprint density at radius 3 is 2.90 bits per heavy atom. The first kappa shape index (κ1) is 8.11. The fourth-order valence-corrected chi connectivity index (χ4v) is 1.43. The van der Waals surface area contributed by atoms with E-state index in [1.165, 1.54) is 0 Å². The smallest absolute Gasteiger partial charge is 0.0881 e. The van der Waals surface area contributed by atoms with Gasteiger partial charge in [0.25, 0.3) is 0 Å². The van der Waals surface area contributed by atoms with Crippen LogP contribution in [-0.4, -0.2) is 28.8 Å². The highest BCUT2D eigenvalue weighted by Gasteiger charge is 2.29. The summed E-state index contributed by atoms with van der Waals surface area (Å²) in [5.41, 5.74) is 0. The molecular formula is C7H12O2S. The maximum atomic E-state index is 9.30. The second kappa shape index (κ2) is 3.42. The minimum Gasteiger partial charge on any atom is -0.390 e. The van der Waals surface area contributed by atoms with Gasteiger partial charge in [0.2, 0.25) is 0 Å². The first-order valence-corrected chi connectivity index (χ1v) is 3.98. The van der Waals surface area contributed by atoms with Crippen molar-refractivity contribution in [3.05, 3.63) is 0 Å². The summed E-state index contributed by atoms with van der Waals surface area (Å²) in [6.07, 6.45) is 1.26. The molecule has 1 saturated heterocycles. The van der Waals surface area contributed by atoms with Crippen LogP contribution >= 0.6 is 12.2 Å². The van der Waals surface area contributed by atoms with Crippen LogP contribution in [0.5, 0.6) is 0 Å². The van der Waals surface area contributed by atoms with Gasteiger partial charge in [-0.05, 0) is 12.3 Å². The highest BCUT2D eigenvalue weighted by atomic mass is 32.1. The average Bonchev–Trinajstić information content (AvgIpc) is 2.13. The SMILES string of the molecule is C[C@H]1CC(O)[C@@H](CC=S)O1. The van der Waals surface area contributed by atoms with Gasteiger partial charge in [0.15, 0.2) is 0 Å². The van der Waals surface area contributed by atoms with Crippen LogP contribution in [0.15, 0.2) is 0 Å². The van der Waals surface area contributed by atoms with Crippen molar-refractivity contribution in [1.29, 1.82) is 0 Å². The van der Waals surface area contributed by atoms with Gasteiger partial charge in [-0.15, -0.1) is 0 Å². The van der Waals surface area contributed by atoms with Gasteiger partial charge in [-0.3, -0.25) is 0 Å². The van der Waals surface area contributed by atoms with Gasteiger partial charge in [-0.1, -0.05) is 12.2 Å². The highest BCUT2D eigenvalue weighted by Crippen LogP contribution is 2.21. The van der Waals surface area contributed by atoms with Crippen molar-refractivity contribution in [2.24, 2.45) is 0 Å². The van der Waals surface area contributed by atoms with Gasteiger partial charge in [-0.25, -0.2) is 0 Å². The summed E-state index contributed by atoms with van der Waals surface area (Å²) in [5, 5.41) is 10.9. The lowest BCUT2D eigenvalue weighted by molar-refractivity contribution is 0.0221. The average molecular weight is 160 g/mol. The quantitative estimate of drug-likeness (QED) is 0.609. The standard InChI is InChI=1S/C7H12O2S/c1-5-4-6(8)7(9-5)2-3-10/h3,5-8H,2,4H2,1H3/t5-,6?,7+/m0/s1. The third kappa shape index (κ3) is 1.75. The Kier molecular flexibility index (Phi) is 2.77.